The predicted octanol–water partition coefficient (Wildman–Crippen LogP) is 2.03. The summed E-state index contributed by atoms with van der Waals surface area (Å²) in [6.45, 7) is 0. The van der Waals surface area contributed by atoms with Crippen molar-refractivity contribution in [3.8, 4) is 11.3 Å². The summed E-state index contributed by atoms with van der Waals surface area (Å²) in [6.07, 6.45) is 0. The third-order valence-corrected chi connectivity index (χ3v) is 4.71. The molecule has 0 saturated heterocycles. The standard InChI is InChI=1S/C18H12N8O3/c27-17-15-13(14(20-21-17)11-7-4-8-12(9-11)26(28)29)16(10-5-2-1-3-6-10)25-18(19-15)22-23-24-25/h1-9,16H,(H,21,27)(H,19,22,24)/t16-/m1/s1. The van der Waals surface area contributed by atoms with Gasteiger partial charge in [0.1, 0.15) is 11.7 Å². The van der Waals surface area contributed by atoms with Crippen LogP contribution in [0.15, 0.2) is 59.4 Å². The highest BCUT2D eigenvalue weighted by molar-refractivity contribution is 5.76. The van der Waals surface area contributed by atoms with Gasteiger partial charge in [-0.1, -0.05) is 47.6 Å². The zero-order valence-corrected chi connectivity index (χ0v) is 14.7. The van der Waals surface area contributed by atoms with Crippen LogP contribution in [-0.4, -0.2) is 35.3 Å². The molecular formula is C18H12N8O3. The molecule has 11 heteroatoms. The Kier molecular flexibility index (Phi) is 3.66. The minimum Gasteiger partial charge on any atom is -0.318 e. The molecule has 0 saturated carbocycles. The number of tetrazole rings is 1. The molecule has 3 heterocycles. The number of rotatable bonds is 3. The maximum atomic E-state index is 12.6. The minimum atomic E-state index is -0.540. The fourth-order valence-electron chi connectivity index (χ4n) is 3.47. The Bertz CT molecular complexity index is 1300. The van der Waals surface area contributed by atoms with Gasteiger partial charge >= 0.3 is 0 Å². The van der Waals surface area contributed by atoms with E-state index >= 15 is 0 Å². The van der Waals surface area contributed by atoms with Crippen molar-refractivity contribution in [2.24, 2.45) is 0 Å². The number of H-pyrrole nitrogens is 1. The highest BCUT2D eigenvalue weighted by Gasteiger charge is 2.34. The highest BCUT2D eigenvalue weighted by Crippen LogP contribution is 2.41. The van der Waals surface area contributed by atoms with Crippen LogP contribution in [0.2, 0.25) is 0 Å². The molecule has 0 fully saturated rings. The van der Waals surface area contributed by atoms with Crippen LogP contribution in [0.25, 0.3) is 11.3 Å². The van der Waals surface area contributed by atoms with Crippen molar-refractivity contribution in [1.29, 1.82) is 0 Å². The van der Waals surface area contributed by atoms with E-state index < -0.39 is 16.5 Å². The average Bonchev–Trinajstić information content (AvgIpc) is 3.22. The number of benzene rings is 2. The lowest BCUT2D eigenvalue weighted by molar-refractivity contribution is -0.384. The zero-order valence-electron chi connectivity index (χ0n) is 14.7. The van der Waals surface area contributed by atoms with Crippen LogP contribution in [0.3, 0.4) is 0 Å². The number of nitro groups is 1. The van der Waals surface area contributed by atoms with Gasteiger partial charge in [-0.05, 0) is 16.0 Å². The molecule has 2 aromatic carbocycles. The maximum absolute atomic E-state index is 12.6. The van der Waals surface area contributed by atoms with Gasteiger partial charge in [-0.25, -0.2) is 5.10 Å². The molecule has 1 aliphatic heterocycles. The second-order valence-corrected chi connectivity index (χ2v) is 6.38. The third kappa shape index (κ3) is 2.64. The lowest BCUT2D eigenvalue weighted by Crippen LogP contribution is -2.29. The van der Waals surface area contributed by atoms with Crippen molar-refractivity contribution in [2.45, 2.75) is 6.04 Å². The number of nitro benzene ring substituents is 1. The number of anilines is 2. The van der Waals surface area contributed by atoms with E-state index in [4.69, 9.17) is 0 Å². The first-order chi connectivity index (χ1) is 14.1. The molecule has 0 unspecified atom stereocenters. The second-order valence-electron chi connectivity index (χ2n) is 6.38. The molecule has 2 aromatic heterocycles. The summed E-state index contributed by atoms with van der Waals surface area (Å²) >= 11 is 0. The van der Waals surface area contributed by atoms with Gasteiger partial charge in [0.2, 0.25) is 5.95 Å². The van der Waals surface area contributed by atoms with Gasteiger partial charge in [-0.3, -0.25) is 14.9 Å². The topological polar surface area (TPSA) is 145 Å². The van der Waals surface area contributed by atoms with Crippen LogP contribution in [0.1, 0.15) is 17.2 Å². The van der Waals surface area contributed by atoms with Crippen molar-refractivity contribution in [2.75, 3.05) is 5.32 Å². The molecule has 11 nitrogen and oxygen atoms in total. The molecule has 0 bridgehead atoms. The normalized spacial score (nSPS) is 14.6. The van der Waals surface area contributed by atoms with Gasteiger partial charge in [0.05, 0.1) is 10.6 Å². The van der Waals surface area contributed by atoms with Gasteiger partial charge in [0.25, 0.3) is 11.2 Å². The Morgan fingerprint density at radius 2 is 1.93 bits per heavy atom. The van der Waals surface area contributed by atoms with E-state index in [1.807, 2.05) is 30.3 Å². The number of fused-ring (bicyclic) bond motifs is 2. The third-order valence-electron chi connectivity index (χ3n) is 4.71. The van der Waals surface area contributed by atoms with Gasteiger partial charge in [-0.2, -0.15) is 9.78 Å². The number of aromatic amines is 1. The SMILES string of the molecule is O=c1[nH]nc(-c2cccc([N+](=O)[O-])c2)c2c1Nc1nnnn1[C@@H]2c1ccccc1. The van der Waals surface area contributed by atoms with E-state index in [0.717, 1.165) is 5.56 Å². The first-order valence-corrected chi connectivity index (χ1v) is 8.60. The van der Waals surface area contributed by atoms with Crippen molar-refractivity contribution in [3.05, 3.63) is 86.2 Å². The Morgan fingerprint density at radius 3 is 2.72 bits per heavy atom. The van der Waals surface area contributed by atoms with Crippen molar-refractivity contribution in [1.82, 2.24) is 30.4 Å². The first-order valence-electron chi connectivity index (χ1n) is 8.60. The molecule has 142 valence electrons. The number of aromatic nitrogens is 6. The Hall–Kier alpha value is -4.41. The summed E-state index contributed by atoms with van der Waals surface area (Å²) < 4.78 is 1.56. The van der Waals surface area contributed by atoms with Crippen LogP contribution in [0.5, 0.6) is 0 Å². The summed E-state index contributed by atoms with van der Waals surface area (Å²) in [5, 5.41) is 32.6. The van der Waals surface area contributed by atoms with E-state index in [0.29, 0.717) is 22.8 Å². The fraction of sp³-hybridized carbons (Fsp3) is 0.0556. The lowest BCUT2D eigenvalue weighted by Gasteiger charge is -2.27. The van der Waals surface area contributed by atoms with Gasteiger partial charge in [-0.15, -0.1) is 0 Å². The van der Waals surface area contributed by atoms with Crippen LogP contribution in [0.4, 0.5) is 17.3 Å². The summed E-state index contributed by atoms with van der Waals surface area (Å²) in [5.74, 6) is 0.313. The zero-order chi connectivity index (χ0) is 20.0. The van der Waals surface area contributed by atoms with E-state index in [1.54, 1.807) is 16.8 Å². The van der Waals surface area contributed by atoms with Crippen LogP contribution < -0.4 is 10.9 Å². The van der Waals surface area contributed by atoms with Crippen LogP contribution in [-0.2, 0) is 0 Å². The van der Waals surface area contributed by atoms with Crippen molar-refractivity contribution < 1.29 is 4.92 Å². The number of non-ortho nitro benzene ring substituents is 1. The number of nitrogens with one attached hydrogen (secondary N) is 2. The molecule has 0 spiro atoms. The monoisotopic (exact) mass is 388 g/mol. The summed E-state index contributed by atoms with van der Waals surface area (Å²) in [5.41, 5.74) is 1.98. The van der Waals surface area contributed by atoms with Crippen molar-refractivity contribution in [3.63, 3.8) is 0 Å². The number of nitrogens with zero attached hydrogens (tertiary/aromatic N) is 6. The van der Waals surface area contributed by atoms with E-state index in [-0.39, 0.29) is 11.4 Å². The summed E-state index contributed by atoms with van der Waals surface area (Å²) in [7, 11) is 0. The molecule has 1 atom stereocenters. The molecule has 2 N–H and O–H groups in total. The minimum absolute atomic E-state index is 0.0765. The Morgan fingerprint density at radius 1 is 1.10 bits per heavy atom. The average molecular weight is 388 g/mol. The molecule has 1 aliphatic rings. The quantitative estimate of drug-likeness (QED) is 0.353. The first kappa shape index (κ1) is 16.7. The van der Waals surface area contributed by atoms with Crippen LogP contribution >= 0.6 is 0 Å². The van der Waals surface area contributed by atoms with Gasteiger partial charge in [0, 0.05) is 23.3 Å². The van der Waals surface area contributed by atoms with Crippen LogP contribution in [0, 0.1) is 10.1 Å². The number of hydrogen-bond donors (Lipinski definition) is 2. The van der Waals surface area contributed by atoms with Gasteiger partial charge < -0.3 is 5.32 Å². The predicted molar refractivity (Wildman–Crippen MR) is 102 cm³/mol. The van der Waals surface area contributed by atoms with E-state index in [9.17, 15) is 14.9 Å². The Balaban J connectivity index is 1.81. The molecule has 0 aliphatic carbocycles. The highest BCUT2D eigenvalue weighted by atomic mass is 16.6. The van der Waals surface area contributed by atoms with E-state index in [2.05, 4.69) is 31.0 Å². The maximum Gasteiger partial charge on any atom is 0.288 e. The lowest BCUT2D eigenvalue weighted by atomic mass is 9.92. The molecule has 29 heavy (non-hydrogen) atoms. The number of hydrogen-bond acceptors (Lipinski definition) is 8. The van der Waals surface area contributed by atoms with E-state index in [1.165, 1.54) is 12.1 Å². The Labute approximate surface area is 162 Å². The fourth-order valence-corrected chi connectivity index (χ4v) is 3.47. The molecule has 4 aromatic rings. The smallest absolute Gasteiger partial charge is 0.288 e. The van der Waals surface area contributed by atoms with Crippen molar-refractivity contribution >= 4 is 17.3 Å². The largest absolute Gasteiger partial charge is 0.318 e. The second kappa shape index (κ2) is 6.34. The van der Waals surface area contributed by atoms with Gasteiger partial charge in [0.15, 0.2) is 0 Å². The molecule has 0 radical (unpaired) electrons. The molecule has 0 amide bonds. The summed E-state index contributed by atoms with van der Waals surface area (Å²) in [4.78, 5) is 23.3. The molecule has 5 rings (SSSR count). The molecular weight excluding hydrogens is 376 g/mol. The summed E-state index contributed by atoms with van der Waals surface area (Å²) in [6, 6.07) is 14.9.